The van der Waals surface area contributed by atoms with Crippen molar-refractivity contribution in [1.82, 2.24) is 4.90 Å². The first kappa shape index (κ1) is 22.9. The van der Waals surface area contributed by atoms with Crippen LogP contribution in [0.5, 0.6) is 0 Å². The molecule has 0 fully saturated rings. The molecule has 0 saturated heterocycles. The number of amides is 1. The maximum atomic E-state index is 13.1. The van der Waals surface area contributed by atoms with Crippen molar-refractivity contribution in [3.8, 4) is 0 Å². The van der Waals surface area contributed by atoms with E-state index >= 15 is 0 Å². The van der Waals surface area contributed by atoms with E-state index in [0.29, 0.717) is 0 Å². The van der Waals surface area contributed by atoms with Crippen LogP contribution in [-0.4, -0.2) is 29.1 Å². The molecule has 0 spiro atoms. The highest BCUT2D eigenvalue weighted by Gasteiger charge is 2.36. The number of benzene rings is 1. The van der Waals surface area contributed by atoms with Crippen LogP contribution in [0.1, 0.15) is 70.3 Å². The molecule has 1 aliphatic carbocycles. The third kappa shape index (κ3) is 5.74. The number of aryl methyl sites for hydroxylation is 1. The van der Waals surface area contributed by atoms with Gasteiger partial charge >= 0.3 is 0 Å². The van der Waals surface area contributed by atoms with Crippen LogP contribution in [0.15, 0.2) is 63.7 Å². The van der Waals surface area contributed by atoms with Crippen molar-refractivity contribution in [1.29, 1.82) is 0 Å². The van der Waals surface area contributed by atoms with E-state index in [1.54, 1.807) is 0 Å². The van der Waals surface area contributed by atoms with Gasteiger partial charge in [0.2, 0.25) is 0 Å². The molecular weight excluding hydrogens is 414 g/mol. The number of unbranched alkanes of at least 4 members (excludes halogenated alkanes) is 7. The molecular formula is C27H35N3OS. The number of fused-ring (bicyclic) bond motifs is 1. The van der Waals surface area contributed by atoms with Gasteiger partial charge in [0, 0.05) is 18.8 Å². The van der Waals surface area contributed by atoms with E-state index in [2.05, 4.69) is 46.4 Å². The van der Waals surface area contributed by atoms with E-state index < -0.39 is 0 Å². The van der Waals surface area contributed by atoms with Crippen molar-refractivity contribution in [2.45, 2.75) is 71.1 Å². The van der Waals surface area contributed by atoms with Crippen molar-refractivity contribution in [3.05, 3.63) is 64.2 Å². The number of hydrogen-bond acceptors (Lipinski definition) is 4. The molecule has 1 aromatic carbocycles. The molecule has 1 amide bonds. The van der Waals surface area contributed by atoms with Gasteiger partial charge in [0.05, 0.1) is 5.70 Å². The summed E-state index contributed by atoms with van der Waals surface area (Å²) >= 11 is 1.50. The van der Waals surface area contributed by atoms with Gasteiger partial charge in [-0.3, -0.25) is 9.79 Å². The van der Waals surface area contributed by atoms with E-state index in [4.69, 9.17) is 0 Å². The van der Waals surface area contributed by atoms with Crippen LogP contribution < -0.4 is 5.32 Å². The second-order valence-corrected chi connectivity index (χ2v) is 9.78. The first-order valence-corrected chi connectivity index (χ1v) is 13.1. The van der Waals surface area contributed by atoms with Gasteiger partial charge in [-0.1, -0.05) is 82.2 Å². The standard InChI is InChI=1S/C27H35N3OS/c1-2-3-4-5-6-7-8-9-12-21-15-17-23(18-16-21)29-26(31)25-24(22-13-10-14-22)30-20-11-19-28-27(30)32-25/h10,13-18H,2-9,11-12,19-20H2,1H3,(H,29,31). The van der Waals surface area contributed by atoms with Gasteiger partial charge in [0.1, 0.15) is 4.91 Å². The third-order valence-corrected chi connectivity index (χ3v) is 7.37. The van der Waals surface area contributed by atoms with E-state index in [1.807, 2.05) is 18.2 Å². The Morgan fingerprint density at radius 3 is 2.47 bits per heavy atom. The van der Waals surface area contributed by atoms with Gasteiger partial charge in [-0.2, -0.15) is 0 Å². The fourth-order valence-corrected chi connectivity index (χ4v) is 5.44. The van der Waals surface area contributed by atoms with E-state index in [1.165, 1.54) is 68.7 Å². The minimum atomic E-state index is -0.0425. The summed E-state index contributed by atoms with van der Waals surface area (Å²) in [5, 5.41) is 4.06. The van der Waals surface area contributed by atoms with Crippen molar-refractivity contribution in [2.24, 2.45) is 4.99 Å². The van der Waals surface area contributed by atoms with Crippen LogP contribution in [0.3, 0.4) is 0 Å². The first-order chi connectivity index (χ1) is 15.8. The molecule has 2 heterocycles. The lowest BCUT2D eigenvalue weighted by Gasteiger charge is -2.26. The zero-order valence-electron chi connectivity index (χ0n) is 19.2. The number of allylic oxidation sites excluding steroid dienone is 3. The van der Waals surface area contributed by atoms with Gasteiger partial charge in [0.25, 0.3) is 5.91 Å². The number of carbonyl (C=O) groups is 1. The fourth-order valence-electron chi connectivity index (χ4n) is 4.34. The highest BCUT2D eigenvalue weighted by atomic mass is 32.2. The van der Waals surface area contributed by atoms with Crippen LogP contribution >= 0.6 is 11.8 Å². The topological polar surface area (TPSA) is 44.7 Å². The summed E-state index contributed by atoms with van der Waals surface area (Å²) in [6.07, 6.45) is 19.0. The smallest absolute Gasteiger partial charge is 0.264 e. The number of nitrogens with zero attached hydrogens (tertiary/aromatic N) is 2. The van der Waals surface area contributed by atoms with Gasteiger partial charge in [-0.15, -0.1) is 0 Å². The molecule has 0 aromatic heterocycles. The maximum Gasteiger partial charge on any atom is 0.264 e. The summed E-state index contributed by atoms with van der Waals surface area (Å²) in [5.41, 5.74) is 4.34. The quantitative estimate of drug-likeness (QED) is 0.356. The van der Waals surface area contributed by atoms with Gasteiger partial charge in [0.15, 0.2) is 5.17 Å². The Balaban J connectivity index is 1.27. The summed E-state index contributed by atoms with van der Waals surface area (Å²) in [5.74, 6) is -0.0425. The third-order valence-electron chi connectivity index (χ3n) is 6.26. The molecule has 32 heavy (non-hydrogen) atoms. The van der Waals surface area contributed by atoms with Crippen LogP contribution in [-0.2, 0) is 11.2 Å². The SMILES string of the molecule is CCCCCCCCCCc1ccc(NC(=O)C2=C(C3=CC=C3)N3CCCN=C3S2)cc1. The summed E-state index contributed by atoms with van der Waals surface area (Å²) in [4.78, 5) is 20.7. The largest absolute Gasteiger partial charge is 0.321 e. The van der Waals surface area contributed by atoms with Crippen molar-refractivity contribution < 1.29 is 4.79 Å². The van der Waals surface area contributed by atoms with E-state index in [9.17, 15) is 4.79 Å². The van der Waals surface area contributed by atoms with Gasteiger partial charge < -0.3 is 10.2 Å². The van der Waals surface area contributed by atoms with Crippen LogP contribution in [0.4, 0.5) is 5.69 Å². The average molecular weight is 450 g/mol. The number of anilines is 1. The molecule has 0 atom stereocenters. The normalized spacial score (nSPS) is 17.1. The number of aliphatic imine (C=N–C) groups is 1. The lowest BCUT2D eigenvalue weighted by atomic mass is 10.0. The molecule has 3 aliphatic rings. The molecule has 0 unspecified atom stereocenters. The number of hydrogen-bond donors (Lipinski definition) is 1. The molecule has 0 saturated carbocycles. The molecule has 1 N–H and O–H groups in total. The molecule has 2 aliphatic heterocycles. The molecule has 170 valence electrons. The average Bonchev–Trinajstić information content (AvgIpc) is 3.15. The number of thioether (sulfide) groups is 1. The van der Waals surface area contributed by atoms with Crippen LogP contribution in [0.2, 0.25) is 0 Å². The van der Waals surface area contributed by atoms with E-state index in [0.717, 1.165) is 53.0 Å². The summed E-state index contributed by atoms with van der Waals surface area (Å²) in [6, 6.07) is 8.37. The Bertz CT molecular complexity index is 927. The number of amidine groups is 1. The molecule has 1 aromatic rings. The Morgan fingerprint density at radius 1 is 1.06 bits per heavy atom. The predicted octanol–water partition coefficient (Wildman–Crippen LogP) is 6.82. The number of nitrogens with one attached hydrogen (secondary N) is 1. The number of carbonyl (C=O) groups excluding carboxylic acids is 1. The van der Waals surface area contributed by atoms with Crippen LogP contribution in [0.25, 0.3) is 0 Å². The molecule has 0 radical (unpaired) electrons. The monoisotopic (exact) mass is 449 g/mol. The van der Waals surface area contributed by atoms with Crippen molar-refractivity contribution in [3.63, 3.8) is 0 Å². The maximum absolute atomic E-state index is 13.1. The summed E-state index contributed by atoms with van der Waals surface area (Å²) in [6.45, 7) is 4.04. The van der Waals surface area contributed by atoms with Crippen LogP contribution in [0, 0.1) is 0 Å². The number of rotatable bonds is 12. The molecule has 4 nitrogen and oxygen atoms in total. The Kier molecular flexibility index (Phi) is 8.27. The zero-order valence-corrected chi connectivity index (χ0v) is 20.1. The van der Waals surface area contributed by atoms with Gasteiger partial charge in [-0.05, 0) is 54.3 Å². The molecule has 5 heteroatoms. The van der Waals surface area contributed by atoms with Crippen molar-refractivity contribution >= 4 is 28.5 Å². The van der Waals surface area contributed by atoms with Crippen molar-refractivity contribution in [2.75, 3.05) is 18.4 Å². The van der Waals surface area contributed by atoms with E-state index in [-0.39, 0.29) is 5.91 Å². The highest BCUT2D eigenvalue weighted by molar-refractivity contribution is 8.18. The zero-order chi connectivity index (χ0) is 22.2. The Morgan fingerprint density at radius 2 is 1.78 bits per heavy atom. The molecule has 0 bridgehead atoms. The minimum Gasteiger partial charge on any atom is -0.321 e. The fraction of sp³-hybridized carbons (Fsp3) is 0.481. The highest BCUT2D eigenvalue weighted by Crippen LogP contribution is 2.41. The lowest BCUT2D eigenvalue weighted by Crippen LogP contribution is -2.30. The van der Waals surface area contributed by atoms with Gasteiger partial charge in [-0.25, -0.2) is 0 Å². The summed E-state index contributed by atoms with van der Waals surface area (Å²) < 4.78 is 0. The Hall–Kier alpha value is -2.27. The molecule has 4 rings (SSSR count). The minimum absolute atomic E-state index is 0.0425. The lowest BCUT2D eigenvalue weighted by molar-refractivity contribution is -0.112. The first-order valence-electron chi connectivity index (χ1n) is 12.3. The second kappa shape index (κ2) is 11.6. The summed E-state index contributed by atoms with van der Waals surface area (Å²) in [7, 11) is 0. The second-order valence-electron chi connectivity index (χ2n) is 8.81. The Labute approximate surface area is 196 Å². The predicted molar refractivity (Wildman–Crippen MR) is 137 cm³/mol.